The zero-order chi connectivity index (χ0) is 18.6. The molecule has 8 nitrogen and oxygen atoms in total. The Labute approximate surface area is 178 Å². The molecule has 2 amide bonds. The second-order valence-corrected chi connectivity index (χ2v) is 7.80. The van der Waals surface area contributed by atoms with Gasteiger partial charge in [0, 0.05) is 22.8 Å². The lowest BCUT2D eigenvalue weighted by Crippen LogP contribution is -2.35. The molecule has 0 aromatic heterocycles. The van der Waals surface area contributed by atoms with E-state index < -0.39 is 36.9 Å². The normalized spacial score (nSPS) is 11.9. The monoisotopic (exact) mass is 674 g/mol. The van der Waals surface area contributed by atoms with Gasteiger partial charge in [-0.05, 0) is 67.8 Å². The van der Waals surface area contributed by atoms with Crippen LogP contribution in [-0.2, 0) is 0 Å². The number of amides is 2. The fraction of sp³-hybridized carbons (Fsp3) is 0.308. The number of ketones is 1. The Hall–Kier alpha value is -0.100. The van der Waals surface area contributed by atoms with E-state index in [1.54, 1.807) is 67.8 Å². The predicted molar refractivity (Wildman–Crippen MR) is 110 cm³/mol. The summed E-state index contributed by atoms with van der Waals surface area (Å²) in [6, 6.07) is 0. The van der Waals surface area contributed by atoms with Crippen LogP contribution in [-0.4, -0.2) is 58.8 Å². The van der Waals surface area contributed by atoms with Gasteiger partial charge in [0.15, 0.2) is 5.78 Å². The summed E-state index contributed by atoms with van der Waals surface area (Å²) in [5.41, 5.74) is 5.47. The van der Waals surface area contributed by atoms with Gasteiger partial charge >= 0.3 is 0 Å². The van der Waals surface area contributed by atoms with Gasteiger partial charge in [-0.25, -0.2) is 0 Å². The number of rotatable bonds is 7. The van der Waals surface area contributed by atoms with E-state index in [0.29, 0.717) is 0 Å². The van der Waals surface area contributed by atoms with E-state index in [1.807, 2.05) is 0 Å². The number of nitrogens with two attached hydrogens (primary N) is 1. The molecule has 0 aliphatic heterocycles. The largest absolute Gasteiger partial charge is 0.394 e. The fourth-order valence-corrected chi connectivity index (χ4v) is 6.56. The maximum atomic E-state index is 12.4. The molecule has 1 rings (SSSR count). The molecule has 0 aliphatic rings. The number of halogens is 3. The third kappa shape index (κ3) is 4.75. The van der Waals surface area contributed by atoms with Gasteiger partial charge in [-0.15, -0.1) is 0 Å². The summed E-state index contributed by atoms with van der Waals surface area (Å²) < 4.78 is 0.792. The van der Waals surface area contributed by atoms with Crippen molar-refractivity contribution in [2.24, 2.45) is 5.73 Å². The van der Waals surface area contributed by atoms with Crippen LogP contribution < -0.4 is 11.1 Å². The van der Waals surface area contributed by atoms with Crippen molar-refractivity contribution in [3.05, 3.63) is 27.4 Å². The summed E-state index contributed by atoms with van der Waals surface area (Å²) in [7, 11) is 0. The molecular weight excluding hydrogens is 661 g/mol. The van der Waals surface area contributed by atoms with E-state index in [4.69, 9.17) is 15.9 Å². The van der Waals surface area contributed by atoms with Gasteiger partial charge in [0.2, 0.25) is 0 Å². The number of primary amides is 1. The number of carbonyl (C=O) groups excluding carboxylic acids is 3. The number of Topliss-reactive ketones (excluding diaryl/α,β-unsaturated/α-hetero) is 1. The first kappa shape index (κ1) is 21.9. The molecule has 0 saturated heterocycles. The van der Waals surface area contributed by atoms with E-state index in [2.05, 4.69) is 5.32 Å². The predicted octanol–water partition coefficient (Wildman–Crippen LogP) is -0.143. The van der Waals surface area contributed by atoms with Gasteiger partial charge in [-0.1, -0.05) is 0 Å². The number of benzene rings is 1. The Bertz CT molecular complexity index is 695. The minimum Gasteiger partial charge on any atom is -0.394 e. The molecule has 1 aromatic rings. The van der Waals surface area contributed by atoms with Crippen molar-refractivity contribution in [1.29, 1.82) is 0 Å². The average molecular weight is 674 g/mol. The van der Waals surface area contributed by atoms with Crippen molar-refractivity contribution in [3.63, 3.8) is 0 Å². The lowest BCUT2D eigenvalue weighted by Gasteiger charge is -2.17. The average Bonchev–Trinajstić information content (AvgIpc) is 2.51. The Morgan fingerprint density at radius 1 is 1.00 bits per heavy atom. The van der Waals surface area contributed by atoms with Gasteiger partial charge in [0.05, 0.1) is 23.8 Å². The molecule has 0 spiro atoms. The van der Waals surface area contributed by atoms with Crippen molar-refractivity contribution in [1.82, 2.24) is 5.32 Å². The summed E-state index contributed by atoms with van der Waals surface area (Å²) in [6.07, 6.45) is -1.14. The quantitative estimate of drug-likeness (QED) is 0.201. The van der Waals surface area contributed by atoms with Gasteiger partial charge in [-0.2, -0.15) is 0 Å². The van der Waals surface area contributed by atoms with Crippen molar-refractivity contribution >= 4 is 85.4 Å². The molecule has 0 heterocycles. The third-order valence-electron chi connectivity index (χ3n) is 2.92. The van der Waals surface area contributed by atoms with E-state index >= 15 is 0 Å². The molecule has 0 saturated carbocycles. The summed E-state index contributed by atoms with van der Waals surface area (Å²) in [6.45, 7) is -1.51. The van der Waals surface area contributed by atoms with Crippen molar-refractivity contribution in [2.45, 2.75) is 6.10 Å². The van der Waals surface area contributed by atoms with Crippen LogP contribution in [0.15, 0.2) is 0 Å². The highest BCUT2D eigenvalue weighted by Crippen LogP contribution is 2.32. The summed E-state index contributed by atoms with van der Waals surface area (Å²) in [4.78, 5) is 36.2. The van der Waals surface area contributed by atoms with Gasteiger partial charge in [0.25, 0.3) is 11.8 Å². The maximum Gasteiger partial charge on any atom is 0.253 e. The molecule has 1 aromatic carbocycles. The molecule has 6 N–H and O–H groups in total. The molecule has 0 radical (unpaired) electrons. The first-order valence-corrected chi connectivity index (χ1v) is 9.62. The second-order valence-electron chi connectivity index (χ2n) is 4.56. The highest BCUT2D eigenvalue weighted by Gasteiger charge is 2.29. The second kappa shape index (κ2) is 9.56. The van der Waals surface area contributed by atoms with E-state index in [9.17, 15) is 19.5 Å². The molecule has 1 atom stereocenters. The van der Waals surface area contributed by atoms with Crippen LogP contribution in [0.2, 0.25) is 0 Å². The molecule has 132 valence electrons. The number of carbonyl (C=O) groups is 3. The number of hydrogen-bond donors (Lipinski definition) is 5. The number of hydrogen-bond acceptors (Lipinski definition) is 6. The molecule has 0 bridgehead atoms. The zero-order valence-electron chi connectivity index (χ0n) is 12.0. The number of nitrogens with one attached hydrogen (secondary N) is 1. The molecule has 24 heavy (non-hydrogen) atoms. The Morgan fingerprint density at radius 3 is 1.96 bits per heavy atom. The SMILES string of the molecule is NC(=O)c1c(I)c(C(=O)CO)c(I)c(C(=O)NCC(O)CO)c1I. The Kier molecular flexibility index (Phi) is 8.74. The lowest BCUT2D eigenvalue weighted by atomic mass is 10.0. The van der Waals surface area contributed by atoms with Gasteiger partial charge in [0.1, 0.15) is 6.61 Å². The highest BCUT2D eigenvalue weighted by molar-refractivity contribution is 14.1. The highest BCUT2D eigenvalue weighted by atomic mass is 127. The topological polar surface area (TPSA) is 150 Å². The van der Waals surface area contributed by atoms with Gasteiger partial charge < -0.3 is 26.4 Å². The molecule has 11 heteroatoms. The summed E-state index contributed by atoms with van der Waals surface area (Å²) in [5, 5.41) is 29.7. The standard InChI is InChI=1S/C13H13I3N2O6/c14-9-6(5(22)3-20)10(15)8(11(16)7(9)12(17)23)13(24)18-1-4(21)2-19/h4,19-21H,1-3H2,(H2,17,23)(H,18,24). The minimum atomic E-state index is -1.14. The van der Waals surface area contributed by atoms with Crippen LogP contribution in [0, 0.1) is 10.7 Å². The lowest BCUT2D eigenvalue weighted by molar-refractivity contribution is 0.0800. The van der Waals surface area contributed by atoms with Crippen LogP contribution in [0.3, 0.4) is 0 Å². The van der Waals surface area contributed by atoms with Crippen molar-refractivity contribution in [3.8, 4) is 0 Å². The number of aliphatic hydroxyl groups excluding tert-OH is 3. The fourth-order valence-electron chi connectivity index (χ4n) is 1.77. The third-order valence-corrected chi connectivity index (χ3v) is 6.16. The maximum absolute atomic E-state index is 12.4. The van der Waals surface area contributed by atoms with E-state index in [1.165, 1.54) is 0 Å². The van der Waals surface area contributed by atoms with Crippen LogP contribution in [0.25, 0.3) is 0 Å². The molecule has 1 unspecified atom stereocenters. The summed E-state index contributed by atoms with van der Waals surface area (Å²) >= 11 is 5.35. The minimum absolute atomic E-state index is 0.0151. The molecule has 0 fully saturated rings. The summed E-state index contributed by atoms with van der Waals surface area (Å²) in [5.74, 6) is -2.09. The first-order chi connectivity index (χ1) is 11.2. The van der Waals surface area contributed by atoms with Crippen molar-refractivity contribution < 1.29 is 29.7 Å². The van der Waals surface area contributed by atoms with Crippen molar-refractivity contribution in [2.75, 3.05) is 19.8 Å². The zero-order valence-corrected chi connectivity index (χ0v) is 18.4. The first-order valence-electron chi connectivity index (χ1n) is 6.38. The van der Waals surface area contributed by atoms with Crippen LogP contribution >= 0.6 is 67.8 Å². The van der Waals surface area contributed by atoms with Crippen LogP contribution in [0.4, 0.5) is 0 Å². The van der Waals surface area contributed by atoms with E-state index in [-0.39, 0.29) is 33.9 Å². The van der Waals surface area contributed by atoms with Crippen LogP contribution in [0.1, 0.15) is 31.1 Å². The number of aliphatic hydroxyl groups is 3. The smallest absolute Gasteiger partial charge is 0.253 e. The molecular formula is C13H13I3N2O6. The van der Waals surface area contributed by atoms with Crippen LogP contribution in [0.5, 0.6) is 0 Å². The molecule has 0 aliphatic carbocycles. The Morgan fingerprint density at radius 2 is 1.50 bits per heavy atom. The van der Waals surface area contributed by atoms with E-state index in [0.717, 1.165) is 0 Å². The van der Waals surface area contributed by atoms with Gasteiger partial charge in [-0.3, -0.25) is 14.4 Å². The Balaban J connectivity index is 3.54.